The first-order valence-corrected chi connectivity index (χ1v) is 7.60. The second kappa shape index (κ2) is 7.08. The van der Waals surface area contributed by atoms with E-state index < -0.39 is 0 Å². The third kappa shape index (κ3) is 3.28. The molecule has 0 saturated carbocycles. The Morgan fingerprint density at radius 1 is 1.27 bits per heavy atom. The molecule has 7 nitrogen and oxygen atoms in total. The number of thioether (sulfide) groups is 1. The van der Waals surface area contributed by atoms with Crippen LogP contribution >= 0.6 is 11.8 Å². The molecule has 1 aromatic carbocycles. The smallest absolute Gasteiger partial charge is 0.296 e. The Bertz CT molecular complexity index is 758. The number of hydrogen-bond donors (Lipinski definition) is 0. The van der Waals surface area contributed by atoms with Gasteiger partial charge in [-0.2, -0.15) is 9.78 Å². The zero-order chi connectivity index (χ0) is 16.1. The van der Waals surface area contributed by atoms with Gasteiger partial charge in [0.25, 0.3) is 5.56 Å². The molecule has 0 N–H and O–H groups in total. The molecule has 0 spiro atoms. The normalized spacial score (nSPS) is 10.9. The summed E-state index contributed by atoms with van der Waals surface area (Å²) in [6, 6.07) is 5.33. The maximum Gasteiger partial charge on any atom is 0.296 e. The van der Waals surface area contributed by atoms with Gasteiger partial charge < -0.3 is 9.47 Å². The Morgan fingerprint density at radius 3 is 2.68 bits per heavy atom. The van der Waals surface area contributed by atoms with Gasteiger partial charge in [-0.15, -0.1) is 10.2 Å². The number of nitrogens with zero attached hydrogens (tertiary/aromatic N) is 4. The van der Waals surface area contributed by atoms with Gasteiger partial charge in [-0.3, -0.25) is 4.79 Å². The molecule has 2 rings (SSSR count). The second-order valence-corrected chi connectivity index (χ2v) is 5.01. The molecule has 0 bridgehead atoms. The molecule has 8 heteroatoms. The van der Waals surface area contributed by atoms with Crippen molar-refractivity contribution in [3.05, 3.63) is 39.8 Å². The first-order valence-electron chi connectivity index (χ1n) is 6.37. The molecule has 116 valence electrons. The largest absolute Gasteiger partial charge is 0.497 e. The van der Waals surface area contributed by atoms with Crippen LogP contribution in [0.25, 0.3) is 0 Å². The molecule has 0 amide bonds. The van der Waals surface area contributed by atoms with Crippen LogP contribution in [0.4, 0.5) is 0 Å². The number of hydrogen-bond acceptors (Lipinski definition) is 7. The maximum absolute atomic E-state index is 12.1. The van der Waals surface area contributed by atoms with Gasteiger partial charge in [-0.05, 0) is 25.3 Å². The highest BCUT2D eigenvalue weighted by Gasteiger charge is 2.08. The van der Waals surface area contributed by atoms with Crippen molar-refractivity contribution in [2.45, 2.75) is 12.1 Å². The van der Waals surface area contributed by atoms with Crippen LogP contribution in [-0.4, -0.2) is 41.6 Å². The lowest BCUT2D eigenvalue weighted by atomic mass is 10.2. The summed E-state index contributed by atoms with van der Waals surface area (Å²) in [5, 5.41) is 12.4. The second-order valence-electron chi connectivity index (χ2n) is 4.24. The number of aryl methyl sites for hydroxylation is 1. The molecular weight excluding hydrogens is 304 g/mol. The van der Waals surface area contributed by atoms with E-state index in [0.29, 0.717) is 16.7 Å². The highest BCUT2D eigenvalue weighted by molar-refractivity contribution is 7.98. The fourth-order valence-corrected chi connectivity index (χ4v) is 2.14. The summed E-state index contributed by atoms with van der Waals surface area (Å²) >= 11 is 1.29. The van der Waals surface area contributed by atoms with Gasteiger partial charge in [0.2, 0.25) is 5.16 Å². The minimum atomic E-state index is -0.303. The predicted molar refractivity (Wildman–Crippen MR) is 85.3 cm³/mol. The minimum absolute atomic E-state index is 0.289. The number of benzene rings is 1. The van der Waals surface area contributed by atoms with Crippen molar-refractivity contribution in [1.82, 2.24) is 14.9 Å². The lowest BCUT2D eigenvalue weighted by molar-refractivity contribution is 0.394. The highest BCUT2D eigenvalue weighted by Crippen LogP contribution is 2.23. The van der Waals surface area contributed by atoms with E-state index in [1.54, 1.807) is 51.8 Å². The third-order valence-electron chi connectivity index (χ3n) is 2.90. The average molecular weight is 320 g/mol. The molecule has 0 atom stereocenters. The number of rotatable bonds is 5. The van der Waals surface area contributed by atoms with Gasteiger partial charge in [0.1, 0.15) is 17.2 Å². The summed E-state index contributed by atoms with van der Waals surface area (Å²) in [5.74, 6) is 1.28. The van der Waals surface area contributed by atoms with E-state index >= 15 is 0 Å². The van der Waals surface area contributed by atoms with Gasteiger partial charge >= 0.3 is 0 Å². The van der Waals surface area contributed by atoms with Gasteiger partial charge in [0, 0.05) is 11.6 Å². The van der Waals surface area contributed by atoms with Crippen molar-refractivity contribution < 1.29 is 9.47 Å². The summed E-state index contributed by atoms with van der Waals surface area (Å²) in [6.07, 6.45) is 3.35. The summed E-state index contributed by atoms with van der Waals surface area (Å²) in [5.41, 5.74) is 0.705. The summed E-state index contributed by atoms with van der Waals surface area (Å²) < 4.78 is 11.7. The first kappa shape index (κ1) is 16.0. The Hall–Kier alpha value is -2.35. The zero-order valence-electron chi connectivity index (χ0n) is 12.7. The standard InChI is InChI=1S/C14H16N4O3S/c1-9-13(19)18(14(22-4)17-16-9)15-8-10-5-6-11(20-2)7-12(10)21-3/h5-8H,1-4H3/b15-8-. The molecule has 0 radical (unpaired) electrons. The molecule has 0 aliphatic carbocycles. The molecule has 0 unspecified atom stereocenters. The number of aromatic nitrogens is 3. The van der Waals surface area contributed by atoms with Gasteiger partial charge in [0.05, 0.1) is 20.4 Å². The van der Waals surface area contributed by atoms with E-state index in [4.69, 9.17) is 9.47 Å². The molecule has 0 aliphatic heterocycles. The molecule has 0 saturated heterocycles. The molecule has 22 heavy (non-hydrogen) atoms. The fraction of sp³-hybridized carbons (Fsp3) is 0.286. The molecule has 2 aromatic rings. The van der Waals surface area contributed by atoms with Crippen molar-refractivity contribution >= 4 is 18.0 Å². The Balaban J connectivity index is 2.45. The van der Waals surface area contributed by atoms with Crippen molar-refractivity contribution in [2.75, 3.05) is 20.5 Å². The van der Waals surface area contributed by atoms with Crippen LogP contribution in [0, 0.1) is 6.92 Å². The van der Waals surface area contributed by atoms with E-state index in [-0.39, 0.29) is 11.3 Å². The third-order valence-corrected chi connectivity index (χ3v) is 3.52. The molecular formula is C14H16N4O3S. The van der Waals surface area contributed by atoms with Crippen molar-refractivity contribution in [2.24, 2.45) is 5.10 Å². The lowest BCUT2D eigenvalue weighted by Crippen LogP contribution is -2.23. The summed E-state index contributed by atoms with van der Waals surface area (Å²) in [7, 11) is 3.14. The van der Waals surface area contributed by atoms with Crippen LogP contribution in [0.3, 0.4) is 0 Å². The SMILES string of the molecule is COc1ccc(/C=N\n2c(SC)nnc(C)c2=O)c(OC)c1. The Kier molecular flexibility index (Phi) is 5.16. The van der Waals surface area contributed by atoms with Crippen LogP contribution in [0.1, 0.15) is 11.3 Å². The van der Waals surface area contributed by atoms with Gasteiger partial charge in [-0.25, -0.2) is 0 Å². The number of methoxy groups -OCH3 is 2. The van der Waals surface area contributed by atoms with E-state index in [0.717, 1.165) is 5.56 Å². The average Bonchev–Trinajstić information content (AvgIpc) is 2.56. The van der Waals surface area contributed by atoms with Crippen molar-refractivity contribution in [3.63, 3.8) is 0 Å². The Morgan fingerprint density at radius 2 is 2.05 bits per heavy atom. The summed E-state index contributed by atoms with van der Waals surface area (Å²) in [6.45, 7) is 1.60. The quantitative estimate of drug-likeness (QED) is 0.614. The minimum Gasteiger partial charge on any atom is -0.497 e. The topological polar surface area (TPSA) is 78.6 Å². The fourth-order valence-electron chi connectivity index (χ4n) is 1.72. The Labute approximate surface area is 132 Å². The van der Waals surface area contributed by atoms with Gasteiger partial charge in [-0.1, -0.05) is 11.8 Å². The molecule has 1 aromatic heterocycles. The van der Waals surface area contributed by atoms with E-state index in [9.17, 15) is 4.79 Å². The first-order chi connectivity index (χ1) is 10.6. The van der Waals surface area contributed by atoms with Crippen molar-refractivity contribution in [1.29, 1.82) is 0 Å². The lowest BCUT2D eigenvalue weighted by Gasteiger charge is -2.07. The zero-order valence-corrected chi connectivity index (χ0v) is 13.5. The summed E-state index contributed by atoms with van der Waals surface area (Å²) in [4.78, 5) is 12.1. The van der Waals surface area contributed by atoms with Crippen LogP contribution in [0.15, 0.2) is 33.3 Å². The van der Waals surface area contributed by atoms with E-state index in [1.165, 1.54) is 16.4 Å². The van der Waals surface area contributed by atoms with Crippen LogP contribution in [-0.2, 0) is 0 Å². The van der Waals surface area contributed by atoms with Crippen molar-refractivity contribution in [3.8, 4) is 11.5 Å². The number of ether oxygens (including phenoxy) is 2. The van der Waals surface area contributed by atoms with E-state index in [2.05, 4.69) is 15.3 Å². The monoisotopic (exact) mass is 320 g/mol. The van der Waals surface area contributed by atoms with Crippen LogP contribution in [0.2, 0.25) is 0 Å². The molecule has 0 aliphatic rings. The maximum atomic E-state index is 12.1. The van der Waals surface area contributed by atoms with Crippen LogP contribution < -0.4 is 15.0 Å². The van der Waals surface area contributed by atoms with E-state index in [1.807, 2.05) is 0 Å². The van der Waals surface area contributed by atoms with Crippen LogP contribution in [0.5, 0.6) is 11.5 Å². The highest BCUT2D eigenvalue weighted by atomic mass is 32.2. The van der Waals surface area contributed by atoms with Gasteiger partial charge in [0.15, 0.2) is 0 Å². The molecule has 0 fully saturated rings. The molecule has 1 heterocycles. The predicted octanol–water partition coefficient (Wildman–Crippen LogP) is 1.57.